The van der Waals surface area contributed by atoms with E-state index in [1.807, 2.05) is 6.07 Å². The zero-order valence-electron chi connectivity index (χ0n) is 28.4. The van der Waals surface area contributed by atoms with Gasteiger partial charge in [-0.05, 0) is 45.1 Å². The molecule has 0 nitrogen and oxygen atoms in total. The first-order valence-electron chi connectivity index (χ1n) is 16.3. The maximum Gasteiger partial charge on any atom is 0.0920 e. The summed E-state index contributed by atoms with van der Waals surface area (Å²) in [6.07, 6.45) is 0. The third-order valence-corrected chi connectivity index (χ3v) is 10.1. The van der Waals surface area contributed by atoms with Crippen molar-refractivity contribution < 1.29 is 20.8 Å². The molecule has 236 valence electrons. The molecule has 0 fully saturated rings. The monoisotopic (exact) mass is 746 g/mol. The first-order chi connectivity index (χ1) is 22.5. The molecule has 1 heterocycles. The number of rotatable bonds is 4. The minimum atomic E-state index is -0.826. The van der Waals surface area contributed by atoms with Crippen LogP contribution in [0, 0.1) is 6.07 Å². The average Bonchev–Trinajstić information content (AvgIpc) is 3.67. The van der Waals surface area contributed by atoms with Crippen molar-refractivity contribution in [1.29, 1.82) is 0 Å². The van der Waals surface area contributed by atoms with Crippen LogP contribution in [0.5, 0.6) is 0 Å². The summed E-state index contributed by atoms with van der Waals surface area (Å²) < 4.78 is 0. The summed E-state index contributed by atoms with van der Waals surface area (Å²) in [6.45, 7) is 16.2. The standard InChI is InChI=1S/C31H35.C12H7Si.2ClH.Zr/c1-20(2)24-16-25(21(3)4)18-27(17-24)30-28-19-26(22-11-9-8-10-12-22)15-23(28)13-14-29(30)31(5,6)7;1-3-7-11-9(5-1)10-6-2-4-8-12(10)13-11;;;/h8-21H,1-7H3;1-7H;2*1H;/q2*-1;;;+4/p-2. The van der Waals surface area contributed by atoms with Crippen LogP contribution >= 0.6 is 17.0 Å². The van der Waals surface area contributed by atoms with E-state index in [9.17, 15) is 0 Å². The molecule has 1 aliphatic heterocycles. The van der Waals surface area contributed by atoms with Crippen molar-refractivity contribution in [1.82, 2.24) is 0 Å². The van der Waals surface area contributed by atoms with Gasteiger partial charge in [-0.3, -0.25) is 0 Å². The molecule has 0 amide bonds. The normalized spacial score (nSPS) is 11.7. The van der Waals surface area contributed by atoms with Gasteiger partial charge in [0.2, 0.25) is 0 Å². The van der Waals surface area contributed by atoms with Gasteiger partial charge in [0, 0.05) is 0 Å². The molecule has 6 aromatic rings. The van der Waals surface area contributed by atoms with Gasteiger partial charge in [0.25, 0.3) is 0 Å². The summed E-state index contributed by atoms with van der Waals surface area (Å²) >= 11 is -0.826. The molecule has 2 radical (unpaired) electrons. The van der Waals surface area contributed by atoms with Gasteiger partial charge in [-0.2, -0.15) is 29.5 Å². The van der Waals surface area contributed by atoms with E-state index in [1.54, 1.807) is 0 Å². The fraction of sp³-hybridized carbons (Fsp3) is 0.233. The van der Waals surface area contributed by atoms with Crippen LogP contribution in [0.3, 0.4) is 0 Å². The van der Waals surface area contributed by atoms with Crippen LogP contribution in [-0.4, -0.2) is 9.52 Å². The molecule has 0 spiro atoms. The number of fused-ring (bicyclic) bond motifs is 4. The first-order valence-corrected chi connectivity index (χ1v) is 23.6. The SMILES string of the molecule is CC(C)c1cc(-c2c(C(C)(C)C)ccc3[cH-]c(-c4ccccc4)cc23)cc(C(C)C)c1.[Cl][Zr+2][Cl].[c-]1cccc2c1[Si]c1ccccc1-2. The molecule has 0 unspecified atom stereocenters. The first kappa shape index (κ1) is 35.7. The van der Waals surface area contributed by atoms with Gasteiger partial charge in [-0.1, -0.05) is 144 Å². The molecule has 0 atom stereocenters. The predicted molar refractivity (Wildman–Crippen MR) is 205 cm³/mol. The molecular formula is C43H42Cl2SiZr. The maximum atomic E-state index is 4.93. The largest absolute Gasteiger partial charge is 0.184 e. The average molecular weight is 749 g/mol. The zero-order chi connectivity index (χ0) is 33.7. The minimum absolute atomic E-state index is 0.0690. The van der Waals surface area contributed by atoms with E-state index in [1.165, 1.54) is 71.2 Å². The Labute approximate surface area is 303 Å². The summed E-state index contributed by atoms with van der Waals surface area (Å²) in [5.74, 6) is 1.02. The van der Waals surface area contributed by atoms with E-state index in [0.717, 1.165) is 9.52 Å². The molecule has 47 heavy (non-hydrogen) atoms. The van der Waals surface area contributed by atoms with Crippen molar-refractivity contribution >= 4 is 47.7 Å². The van der Waals surface area contributed by atoms with Gasteiger partial charge in [0.05, 0.1) is 9.52 Å². The molecule has 7 rings (SSSR count). The summed E-state index contributed by atoms with van der Waals surface area (Å²) in [5, 5.41) is 5.51. The molecule has 0 saturated carbocycles. The Balaban J connectivity index is 0.000000222. The number of benzene rings is 5. The van der Waals surface area contributed by atoms with Gasteiger partial charge < -0.3 is 0 Å². The van der Waals surface area contributed by atoms with Gasteiger partial charge in [-0.25, -0.2) is 0 Å². The fourth-order valence-electron chi connectivity index (χ4n) is 6.23. The molecule has 0 aromatic heterocycles. The van der Waals surface area contributed by atoms with E-state index in [-0.39, 0.29) is 5.41 Å². The third kappa shape index (κ3) is 8.34. The van der Waals surface area contributed by atoms with Gasteiger partial charge in [-0.15, -0.1) is 40.1 Å². The van der Waals surface area contributed by atoms with E-state index >= 15 is 0 Å². The Bertz CT molecular complexity index is 1880. The van der Waals surface area contributed by atoms with Crippen LogP contribution in [0.2, 0.25) is 0 Å². The van der Waals surface area contributed by atoms with Crippen molar-refractivity contribution in [3.05, 3.63) is 138 Å². The topological polar surface area (TPSA) is 0 Å². The van der Waals surface area contributed by atoms with E-state index in [4.69, 9.17) is 17.0 Å². The Morgan fingerprint density at radius 1 is 0.702 bits per heavy atom. The van der Waals surface area contributed by atoms with Crippen LogP contribution in [0.25, 0.3) is 44.2 Å². The summed E-state index contributed by atoms with van der Waals surface area (Å²) in [7, 11) is 10.7. The Morgan fingerprint density at radius 3 is 1.96 bits per heavy atom. The van der Waals surface area contributed by atoms with Crippen LogP contribution in [0.4, 0.5) is 0 Å². The molecule has 4 heteroatoms. The van der Waals surface area contributed by atoms with Crippen molar-refractivity contribution in [3.8, 4) is 33.4 Å². The molecule has 0 bridgehead atoms. The third-order valence-electron chi connectivity index (χ3n) is 8.74. The summed E-state index contributed by atoms with van der Waals surface area (Å²) in [5.41, 5.74) is 12.4. The quantitative estimate of drug-likeness (QED) is 0.124. The van der Waals surface area contributed by atoms with Gasteiger partial charge in [0.15, 0.2) is 0 Å². The second-order valence-corrected chi connectivity index (χ2v) is 18.8. The number of hydrogen-bond donors (Lipinski definition) is 0. The predicted octanol–water partition coefficient (Wildman–Crippen LogP) is 11.9. The fourth-order valence-corrected chi connectivity index (χ4v) is 7.54. The van der Waals surface area contributed by atoms with E-state index < -0.39 is 20.8 Å². The van der Waals surface area contributed by atoms with Crippen LogP contribution in [0.15, 0.2) is 115 Å². The summed E-state index contributed by atoms with van der Waals surface area (Å²) in [6, 6.07) is 45.5. The van der Waals surface area contributed by atoms with Gasteiger partial charge in [0.1, 0.15) is 0 Å². The molecule has 6 aromatic carbocycles. The van der Waals surface area contributed by atoms with Crippen molar-refractivity contribution in [2.75, 3.05) is 0 Å². The second-order valence-electron chi connectivity index (χ2n) is 13.7. The molecule has 0 saturated heterocycles. The van der Waals surface area contributed by atoms with Crippen LogP contribution in [0.1, 0.15) is 77.0 Å². The van der Waals surface area contributed by atoms with E-state index in [2.05, 4.69) is 164 Å². The smallest absolute Gasteiger partial charge is 0.0920 e. The Morgan fingerprint density at radius 2 is 1.32 bits per heavy atom. The van der Waals surface area contributed by atoms with Crippen molar-refractivity contribution in [2.45, 2.75) is 65.7 Å². The number of halogens is 2. The van der Waals surface area contributed by atoms with Crippen molar-refractivity contribution in [2.24, 2.45) is 0 Å². The molecular weight excluding hydrogens is 707 g/mol. The number of hydrogen-bond acceptors (Lipinski definition) is 0. The van der Waals surface area contributed by atoms with Crippen LogP contribution < -0.4 is 10.4 Å². The summed E-state index contributed by atoms with van der Waals surface area (Å²) in [4.78, 5) is 0. The molecule has 0 N–H and O–H groups in total. The Hall–Kier alpha value is -2.61. The van der Waals surface area contributed by atoms with Crippen LogP contribution in [-0.2, 0) is 26.3 Å². The zero-order valence-corrected chi connectivity index (χ0v) is 33.4. The molecule has 1 aliphatic rings. The van der Waals surface area contributed by atoms with Crippen molar-refractivity contribution in [3.63, 3.8) is 0 Å². The van der Waals surface area contributed by atoms with Gasteiger partial charge >= 0.3 is 37.9 Å². The maximum absolute atomic E-state index is 4.93. The minimum Gasteiger partial charge on any atom is -0.184 e. The second kappa shape index (κ2) is 15.7. The Kier molecular flexibility index (Phi) is 11.9. The molecule has 0 aliphatic carbocycles. The van der Waals surface area contributed by atoms with E-state index in [0.29, 0.717) is 11.8 Å².